The Kier molecular flexibility index (Phi) is 3.14. The van der Waals surface area contributed by atoms with Crippen LogP contribution >= 0.6 is 0 Å². The fourth-order valence-electron chi connectivity index (χ4n) is 0.988. The molecule has 0 fully saturated rings. The van der Waals surface area contributed by atoms with Crippen LogP contribution in [-0.2, 0) is 6.42 Å². The van der Waals surface area contributed by atoms with Crippen molar-refractivity contribution in [3.05, 3.63) is 40.3 Å². The fourth-order valence-corrected chi connectivity index (χ4v) is 0.988. The van der Waals surface area contributed by atoms with E-state index in [0.717, 1.165) is 5.56 Å². The van der Waals surface area contributed by atoms with Crippen molar-refractivity contribution in [2.24, 2.45) is 5.11 Å². The van der Waals surface area contributed by atoms with Gasteiger partial charge in [0.2, 0.25) is 0 Å². The van der Waals surface area contributed by atoms with Crippen LogP contribution in [-0.4, -0.2) is 11.7 Å². The number of rotatable bonds is 3. The van der Waals surface area contributed by atoms with Crippen molar-refractivity contribution in [1.29, 1.82) is 0 Å². The van der Waals surface area contributed by atoms with Crippen LogP contribution in [0.25, 0.3) is 10.4 Å². The average Bonchev–Trinajstić information content (AvgIpc) is 2.09. The number of hydrogen-bond acceptors (Lipinski definition) is 2. The molecule has 4 heteroatoms. The van der Waals surface area contributed by atoms with E-state index in [2.05, 4.69) is 10.0 Å². The van der Waals surface area contributed by atoms with Crippen LogP contribution in [0.5, 0.6) is 0 Å². The van der Waals surface area contributed by atoms with Crippen molar-refractivity contribution >= 4 is 5.69 Å². The molecule has 0 unspecified atom stereocenters. The van der Waals surface area contributed by atoms with Gasteiger partial charge in [-0.15, -0.1) is 0 Å². The summed E-state index contributed by atoms with van der Waals surface area (Å²) in [5.41, 5.74) is 9.67. The summed E-state index contributed by atoms with van der Waals surface area (Å²) in [4.78, 5) is 2.69. The Hall–Kier alpha value is -1.51. The molecule has 0 spiro atoms. The Balaban J connectivity index is 2.99. The molecule has 0 amide bonds. The standard InChI is InChI=1S/C8H9N3O/c9-11-10-8-4-2-1-3-7(8)5-6-12/h1-4,12H,5-6H2. The van der Waals surface area contributed by atoms with Gasteiger partial charge in [0.1, 0.15) is 0 Å². The zero-order valence-electron chi connectivity index (χ0n) is 6.51. The van der Waals surface area contributed by atoms with Gasteiger partial charge in [-0.3, -0.25) is 0 Å². The minimum Gasteiger partial charge on any atom is -0.396 e. The third-order valence-electron chi connectivity index (χ3n) is 1.53. The highest BCUT2D eigenvalue weighted by Gasteiger charge is 1.96. The molecule has 62 valence electrons. The first-order chi connectivity index (χ1) is 5.88. The minimum atomic E-state index is 0.0674. The zero-order valence-corrected chi connectivity index (χ0v) is 6.51. The van der Waals surface area contributed by atoms with Gasteiger partial charge >= 0.3 is 0 Å². The molecule has 0 aliphatic carbocycles. The largest absolute Gasteiger partial charge is 0.396 e. The smallest absolute Gasteiger partial charge is 0.0471 e. The zero-order chi connectivity index (χ0) is 8.81. The lowest BCUT2D eigenvalue weighted by Gasteiger charge is -2.00. The van der Waals surface area contributed by atoms with E-state index in [-0.39, 0.29) is 6.61 Å². The molecular formula is C8H9N3O. The van der Waals surface area contributed by atoms with Crippen molar-refractivity contribution in [1.82, 2.24) is 0 Å². The predicted molar refractivity (Wildman–Crippen MR) is 46.0 cm³/mol. The van der Waals surface area contributed by atoms with Crippen LogP contribution in [0.2, 0.25) is 0 Å². The molecule has 0 saturated carbocycles. The SMILES string of the molecule is [N-]=[N+]=Nc1ccccc1CCO. The number of benzene rings is 1. The van der Waals surface area contributed by atoms with Crippen molar-refractivity contribution < 1.29 is 5.11 Å². The van der Waals surface area contributed by atoms with Crippen LogP contribution in [0.3, 0.4) is 0 Å². The first-order valence-electron chi connectivity index (χ1n) is 3.62. The molecule has 0 radical (unpaired) electrons. The van der Waals surface area contributed by atoms with E-state index in [1.165, 1.54) is 0 Å². The number of aliphatic hydroxyl groups excluding tert-OH is 1. The Morgan fingerprint density at radius 3 is 2.83 bits per heavy atom. The van der Waals surface area contributed by atoms with Gasteiger partial charge in [0.25, 0.3) is 0 Å². The van der Waals surface area contributed by atoms with E-state index in [1.807, 2.05) is 12.1 Å². The summed E-state index contributed by atoms with van der Waals surface area (Å²) in [5.74, 6) is 0. The summed E-state index contributed by atoms with van der Waals surface area (Å²) in [6, 6.07) is 7.21. The minimum absolute atomic E-state index is 0.0674. The van der Waals surface area contributed by atoms with E-state index >= 15 is 0 Å². The molecule has 1 aromatic carbocycles. The van der Waals surface area contributed by atoms with Gasteiger partial charge < -0.3 is 5.11 Å². The van der Waals surface area contributed by atoms with Crippen LogP contribution < -0.4 is 0 Å². The quantitative estimate of drug-likeness (QED) is 0.414. The molecule has 1 N–H and O–H groups in total. The van der Waals surface area contributed by atoms with Gasteiger partial charge in [0, 0.05) is 17.2 Å². The molecule has 4 nitrogen and oxygen atoms in total. The molecule has 0 bridgehead atoms. The molecule has 0 aliphatic heterocycles. The third-order valence-corrected chi connectivity index (χ3v) is 1.53. The second kappa shape index (κ2) is 4.38. The molecule has 0 saturated heterocycles. The number of aliphatic hydroxyl groups is 1. The van der Waals surface area contributed by atoms with Crippen molar-refractivity contribution in [2.75, 3.05) is 6.61 Å². The Morgan fingerprint density at radius 1 is 1.42 bits per heavy atom. The van der Waals surface area contributed by atoms with Crippen molar-refractivity contribution in [2.45, 2.75) is 6.42 Å². The molecule has 1 aromatic rings. The van der Waals surface area contributed by atoms with Gasteiger partial charge in [0.15, 0.2) is 0 Å². The van der Waals surface area contributed by atoms with Gasteiger partial charge in [0.05, 0.1) is 0 Å². The Morgan fingerprint density at radius 2 is 2.17 bits per heavy atom. The maximum absolute atomic E-state index is 8.68. The van der Waals surface area contributed by atoms with Crippen molar-refractivity contribution in [3.63, 3.8) is 0 Å². The maximum Gasteiger partial charge on any atom is 0.0471 e. The lowest BCUT2D eigenvalue weighted by molar-refractivity contribution is 0.300. The van der Waals surface area contributed by atoms with Crippen molar-refractivity contribution in [3.8, 4) is 0 Å². The predicted octanol–water partition coefficient (Wildman–Crippen LogP) is 2.16. The van der Waals surface area contributed by atoms with Gasteiger partial charge in [-0.25, -0.2) is 0 Å². The van der Waals surface area contributed by atoms with E-state index in [4.69, 9.17) is 10.6 Å². The van der Waals surface area contributed by atoms with Crippen LogP contribution in [0.1, 0.15) is 5.56 Å². The van der Waals surface area contributed by atoms with Crippen LogP contribution in [0.4, 0.5) is 5.69 Å². The molecule has 0 aromatic heterocycles. The van der Waals surface area contributed by atoms with E-state index < -0.39 is 0 Å². The van der Waals surface area contributed by atoms with Gasteiger partial charge in [-0.1, -0.05) is 29.4 Å². The normalized spacial score (nSPS) is 9.08. The molecule has 0 aliphatic rings. The first-order valence-corrected chi connectivity index (χ1v) is 3.62. The lowest BCUT2D eigenvalue weighted by atomic mass is 10.1. The highest BCUT2D eigenvalue weighted by molar-refractivity contribution is 5.45. The average molecular weight is 163 g/mol. The fraction of sp³-hybridized carbons (Fsp3) is 0.250. The summed E-state index contributed by atoms with van der Waals surface area (Å²) in [7, 11) is 0. The summed E-state index contributed by atoms with van der Waals surface area (Å²) in [6.45, 7) is 0.0674. The van der Waals surface area contributed by atoms with Gasteiger partial charge in [-0.05, 0) is 17.5 Å². The van der Waals surface area contributed by atoms with E-state index in [1.54, 1.807) is 12.1 Å². The topological polar surface area (TPSA) is 69.0 Å². The summed E-state index contributed by atoms with van der Waals surface area (Å²) >= 11 is 0. The Bertz CT molecular complexity index is 305. The van der Waals surface area contributed by atoms with E-state index in [9.17, 15) is 0 Å². The second-order valence-electron chi connectivity index (χ2n) is 2.29. The summed E-state index contributed by atoms with van der Waals surface area (Å²) in [5, 5.41) is 12.2. The lowest BCUT2D eigenvalue weighted by Crippen LogP contribution is -1.89. The first kappa shape index (κ1) is 8.59. The van der Waals surface area contributed by atoms with Crippen LogP contribution in [0, 0.1) is 0 Å². The highest BCUT2D eigenvalue weighted by atomic mass is 16.2. The summed E-state index contributed by atoms with van der Waals surface area (Å²) in [6.07, 6.45) is 0.523. The molecule has 1 rings (SSSR count). The highest BCUT2D eigenvalue weighted by Crippen LogP contribution is 2.18. The molecule has 0 atom stereocenters. The Labute approximate surface area is 70.1 Å². The number of azide groups is 1. The summed E-state index contributed by atoms with van der Waals surface area (Å²) < 4.78 is 0. The second-order valence-corrected chi connectivity index (χ2v) is 2.29. The maximum atomic E-state index is 8.68. The molecule has 0 heterocycles. The van der Waals surface area contributed by atoms with Crippen LogP contribution in [0.15, 0.2) is 29.4 Å². The number of nitrogens with zero attached hydrogens (tertiary/aromatic N) is 3. The monoisotopic (exact) mass is 163 g/mol. The molecule has 12 heavy (non-hydrogen) atoms. The third kappa shape index (κ3) is 1.99. The van der Waals surface area contributed by atoms with E-state index in [0.29, 0.717) is 12.1 Å². The number of hydrogen-bond donors (Lipinski definition) is 1. The van der Waals surface area contributed by atoms with Gasteiger partial charge in [-0.2, -0.15) is 0 Å². The molecular weight excluding hydrogens is 154 g/mol.